The van der Waals surface area contributed by atoms with Gasteiger partial charge in [0, 0.05) is 0 Å². The van der Waals surface area contributed by atoms with E-state index in [2.05, 4.69) is 9.97 Å². The van der Waals surface area contributed by atoms with Gasteiger partial charge in [-0.05, 0) is 19.1 Å². The number of rotatable bonds is 0. The van der Waals surface area contributed by atoms with Crippen LogP contribution in [0.5, 0.6) is 0 Å². The van der Waals surface area contributed by atoms with Crippen molar-refractivity contribution in [2.24, 2.45) is 0 Å². The number of halogens is 2. The first kappa shape index (κ1) is 9.15. The molecule has 2 rings (SSSR count). The predicted molar refractivity (Wildman–Crippen MR) is 52.1 cm³/mol. The highest BCUT2D eigenvalue weighted by atomic mass is 35.5. The Morgan fingerprint density at radius 3 is 2.93 bits per heavy atom. The summed E-state index contributed by atoms with van der Waals surface area (Å²) in [5.41, 5.74) is -0.194. The minimum atomic E-state index is -0.724. The van der Waals surface area contributed by atoms with Gasteiger partial charge in [-0.1, -0.05) is 11.6 Å². The second-order valence-electron chi connectivity index (χ2n) is 2.91. The SMILES string of the molecule is Cc1nc2ccc(Cl)c(F)c2c(=O)[nH]1. The van der Waals surface area contributed by atoms with Gasteiger partial charge < -0.3 is 4.98 Å². The van der Waals surface area contributed by atoms with Crippen LogP contribution in [0.1, 0.15) is 5.82 Å². The van der Waals surface area contributed by atoms with Gasteiger partial charge in [0.2, 0.25) is 0 Å². The number of aromatic nitrogens is 2. The van der Waals surface area contributed by atoms with E-state index < -0.39 is 11.4 Å². The molecule has 0 aliphatic rings. The summed E-state index contributed by atoms with van der Waals surface area (Å²) in [5, 5.41) is -0.170. The average Bonchev–Trinajstić information content (AvgIpc) is 2.10. The third kappa shape index (κ3) is 1.28. The number of fused-ring (bicyclic) bond motifs is 1. The lowest BCUT2D eigenvalue weighted by atomic mass is 10.2. The summed E-state index contributed by atoms with van der Waals surface area (Å²) in [6.07, 6.45) is 0. The third-order valence-electron chi connectivity index (χ3n) is 1.88. The van der Waals surface area contributed by atoms with Crippen LogP contribution < -0.4 is 5.56 Å². The lowest BCUT2D eigenvalue weighted by Gasteiger charge is -2.00. The first-order valence-electron chi connectivity index (χ1n) is 3.94. The molecule has 72 valence electrons. The number of hydrogen-bond acceptors (Lipinski definition) is 2. The monoisotopic (exact) mass is 212 g/mol. The van der Waals surface area contributed by atoms with Gasteiger partial charge in [-0.15, -0.1) is 0 Å². The average molecular weight is 213 g/mol. The number of aromatic amines is 1. The van der Waals surface area contributed by atoms with Crippen molar-refractivity contribution in [3.8, 4) is 0 Å². The fourth-order valence-corrected chi connectivity index (χ4v) is 1.44. The van der Waals surface area contributed by atoms with Crippen LogP contribution in [0.25, 0.3) is 10.9 Å². The molecule has 0 aliphatic heterocycles. The van der Waals surface area contributed by atoms with Gasteiger partial charge in [-0.2, -0.15) is 0 Å². The second-order valence-corrected chi connectivity index (χ2v) is 3.31. The van der Waals surface area contributed by atoms with E-state index in [1.165, 1.54) is 12.1 Å². The summed E-state index contributed by atoms with van der Waals surface area (Å²) in [5.74, 6) is -0.276. The Kier molecular flexibility index (Phi) is 2.00. The van der Waals surface area contributed by atoms with Gasteiger partial charge in [0.1, 0.15) is 11.2 Å². The Morgan fingerprint density at radius 2 is 2.21 bits per heavy atom. The molecule has 0 unspecified atom stereocenters. The number of benzene rings is 1. The Labute approximate surface area is 83.5 Å². The zero-order valence-electron chi connectivity index (χ0n) is 7.27. The molecule has 5 heteroatoms. The van der Waals surface area contributed by atoms with E-state index in [9.17, 15) is 9.18 Å². The molecule has 0 aliphatic carbocycles. The van der Waals surface area contributed by atoms with Crippen LogP contribution in [-0.2, 0) is 0 Å². The summed E-state index contributed by atoms with van der Waals surface area (Å²) in [6.45, 7) is 1.63. The van der Waals surface area contributed by atoms with Crippen LogP contribution in [0.4, 0.5) is 4.39 Å². The number of hydrogen-bond donors (Lipinski definition) is 1. The first-order valence-corrected chi connectivity index (χ1v) is 4.32. The molecular formula is C9H6ClFN2O. The quantitative estimate of drug-likeness (QED) is 0.726. The molecule has 14 heavy (non-hydrogen) atoms. The van der Waals surface area contributed by atoms with Crippen molar-refractivity contribution in [2.45, 2.75) is 6.92 Å². The lowest BCUT2D eigenvalue weighted by molar-refractivity contribution is 0.638. The summed E-state index contributed by atoms with van der Waals surface area (Å²) >= 11 is 5.54. The van der Waals surface area contributed by atoms with Gasteiger partial charge in [0.05, 0.1) is 10.5 Å². The van der Waals surface area contributed by atoms with E-state index in [1.807, 2.05) is 0 Å². The van der Waals surface area contributed by atoms with Crippen LogP contribution >= 0.6 is 11.6 Å². The van der Waals surface area contributed by atoms with Crippen molar-refractivity contribution in [3.05, 3.63) is 39.2 Å². The zero-order chi connectivity index (χ0) is 10.3. The summed E-state index contributed by atoms with van der Waals surface area (Å²) in [7, 11) is 0. The van der Waals surface area contributed by atoms with E-state index in [0.29, 0.717) is 11.3 Å². The van der Waals surface area contributed by atoms with Crippen LogP contribution in [0.15, 0.2) is 16.9 Å². The van der Waals surface area contributed by atoms with Crippen molar-refractivity contribution in [3.63, 3.8) is 0 Å². The van der Waals surface area contributed by atoms with E-state index in [1.54, 1.807) is 6.92 Å². The number of nitrogens with one attached hydrogen (secondary N) is 1. The molecule has 0 atom stereocenters. The van der Waals surface area contributed by atoms with E-state index in [-0.39, 0.29) is 10.4 Å². The topological polar surface area (TPSA) is 45.8 Å². The Bertz CT molecular complexity index is 564. The maximum Gasteiger partial charge on any atom is 0.261 e. The fourth-order valence-electron chi connectivity index (χ4n) is 1.29. The fraction of sp³-hybridized carbons (Fsp3) is 0.111. The largest absolute Gasteiger partial charge is 0.310 e. The van der Waals surface area contributed by atoms with E-state index in [0.717, 1.165) is 0 Å². The molecule has 2 aromatic rings. The lowest BCUT2D eigenvalue weighted by Crippen LogP contribution is -2.11. The predicted octanol–water partition coefficient (Wildman–Crippen LogP) is 2.02. The number of H-pyrrole nitrogens is 1. The maximum absolute atomic E-state index is 13.4. The Morgan fingerprint density at radius 1 is 1.50 bits per heavy atom. The van der Waals surface area contributed by atoms with Crippen LogP contribution in [0, 0.1) is 12.7 Å². The zero-order valence-corrected chi connectivity index (χ0v) is 8.02. The first-order chi connectivity index (χ1) is 6.59. The maximum atomic E-state index is 13.4. The molecule has 0 amide bonds. The smallest absolute Gasteiger partial charge is 0.261 e. The van der Waals surface area contributed by atoms with Crippen LogP contribution in [0.2, 0.25) is 5.02 Å². The van der Waals surface area contributed by atoms with E-state index >= 15 is 0 Å². The van der Waals surface area contributed by atoms with Gasteiger partial charge in [0.25, 0.3) is 5.56 Å². The second kappa shape index (κ2) is 3.06. The normalized spacial score (nSPS) is 10.8. The molecule has 1 N–H and O–H groups in total. The third-order valence-corrected chi connectivity index (χ3v) is 2.17. The minimum absolute atomic E-state index is 0.0753. The van der Waals surface area contributed by atoms with Gasteiger partial charge in [0.15, 0.2) is 5.82 Å². The molecular weight excluding hydrogens is 207 g/mol. The summed E-state index contributed by atoms with van der Waals surface area (Å²) in [6, 6.07) is 2.90. The molecule has 0 saturated heterocycles. The van der Waals surface area contributed by atoms with E-state index in [4.69, 9.17) is 11.6 Å². The van der Waals surface area contributed by atoms with Crippen LogP contribution in [-0.4, -0.2) is 9.97 Å². The highest BCUT2D eigenvalue weighted by molar-refractivity contribution is 6.31. The van der Waals surface area contributed by atoms with Crippen molar-refractivity contribution in [2.75, 3.05) is 0 Å². The minimum Gasteiger partial charge on any atom is -0.310 e. The number of nitrogens with zero attached hydrogens (tertiary/aromatic N) is 1. The Hall–Kier alpha value is -1.42. The van der Waals surface area contributed by atoms with Gasteiger partial charge >= 0.3 is 0 Å². The summed E-state index contributed by atoms with van der Waals surface area (Å²) < 4.78 is 13.4. The molecule has 3 nitrogen and oxygen atoms in total. The molecule has 1 heterocycles. The van der Waals surface area contributed by atoms with Gasteiger partial charge in [-0.25, -0.2) is 9.37 Å². The van der Waals surface area contributed by atoms with Crippen molar-refractivity contribution < 1.29 is 4.39 Å². The highest BCUT2D eigenvalue weighted by Gasteiger charge is 2.10. The van der Waals surface area contributed by atoms with Crippen molar-refractivity contribution in [1.29, 1.82) is 0 Å². The molecule has 0 radical (unpaired) electrons. The molecule has 1 aromatic heterocycles. The van der Waals surface area contributed by atoms with Crippen molar-refractivity contribution in [1.82, 2.24) is 9.97 Å². The van der Waals surface area contributed by atoms with Gasteiger partial charge in [-0.3, -0.25) is 4.79 Å². The summed E-state index contributed by atoms with van der Waals surface area (Å²) in [4.78, 5) is 17.8. The molecule has 0 saturated carbocycles. The molecule has 0 spiro atoms. The van der Waals surface area contributed by atoms with Crippen molar-refractivity contribution >= 4 is 22.5 Å². The molecule has 1 aromatic carbocycles. The standard InChI is InChI=1S/C9H6ClFN2O/c1-4-12-6-3-2-5(10)8(11)7(6)9(14)13-4/h2-3H,1H3,(H,12,13,14). The van der Waals surface area contributed by atoms with Crippen LogP contribution in [0.3, 0.4) is 0 Å². The highest BCUT2D eigenvalue weighted by Crippen LogP contribution is 2.20. The molecule has 0 fully saturated rings. The Balaban J connectivity index is 3.03. The number of aryl methyl sites for hydroxylation is 1. The molecule has 0 bridgehead atoms.